The maximum Gasteiger partial charge on any atom is 0.163 e. The number of allylic oxidation sites excluding steroid dienone is 1. The Morgan fingerprint density at radius 3 is 2.62 bits per heavy atom. The zero-order valence-electron chi connectivity index (χ0n) is 4.18. The molecule has 2 nitrogen and oxygen atoms in total. The van der Waals surface area contributed by atoms with E-state index in [0.717, 1.165) is 0 Å². The molecule has 1 unspecified atom stereocenters. The molecule has 1 aliphatic rings. The standard InChI is InChI=1S/C5H5O2P/c6-4-1-2-8-5(7)3-4/h1-2,8H,3H2. The third kappa shape index (κ3) is 1.24. The van der Waals surface area contributed by atoms with Crippen LogP contribution in [0, 0.1) is 0 Å². The molecule has 0 saturated heterocycles. The average molecular weight is 128 g/mol. The van der Waals surface area contributed by atoms with E-state index in [-0.39, 0.29) is 26.3 Å². The lowest BCUT2D eigenvalue weighted by molar-refractivity contribution is -0.120. The van der Waals surface area contributed by atoms with Crippen LogP contribution in [-0.2, 0) is 9.59 Å². The van der Waals surface area contributed by atoms with E-state index >= 15 is 0 Å². The van der Waals surface area contributed by atoms with Crippen LogP contribution >= 0.6 is 8.58 Å². The topological polar surface area (TPSA) is 34.1 Å². The van der Waals surface area contributed by atoms with Crippen LogP contribution in [0.1, 0.15) is 6.42 Å². The van der Waals surface area contributed by atoms with Crippen molar-refractivity contribution in [3.8, 4) is 0 Å². The van der Waals surface area contributed by atoms with E-state index < -0.39 is 0 Å². The van der Waals surface area contributed by atoms with Gasteiger partial charge in [-0.15, -0.1) is 0 Å². The molecule has 1 heterocycles. The van der Waals surface area contributed by atoms with Gasteiger partial charge in [0.05, 0.1) is 6.42 Å². The van der Waals surface area contributed by atoms with Gasteiger partial charge in [0.25, 0.3) is 0 Å². The van der Waals surface area contributed by atoms with Crippen LogP contribution < -0.4 is 0 Å². The van der Waals surface area contributed by atoms with E-state index in [1.165, 1.54) is 6.08 Å². The second-order valence-electron chi connectivity index (χ2n) is 1.54. The molecule has 0 aliphatic carbocycles. The highest BCUT2D eigenvalue weighted by Crippen LogP contribution is 2.19. The first-order valence-corrected chi connectivity index (χ1v) is 3.35. The summed E-state index contributed by atoms with van der Waals surface area (Å²) in [5, 5.41) is 0. The molecule has 3 heteroatoms. The first-order valence-electron chi connectivity index (χ1n) is 2.28. The Balaban J connectivity index is 2.68. The summed E-state index contributed by atoms with van der Waals surface area (Å²) in [5.41, 5.74) is 0.0532. The predicted octanol–water partition coefficient (Wildman–Crippen LogP) is 0.678. The Hall–Kier alpha value is -0.490. The zero-order chi connectivity index (χ0) is 5.98. The van der Waals surface area contributed by atoms with Crippen LogP contribution in [0.4, 0.5) is 0 Å². The van der Waals surface area contributed by atoms with Gasteiger partial charge in [-0.25, -0.2) is 0 Å². The first kappa shape index (κ1) is 5.64. The highest BCUT2D eigenvalue weighted by Gasteiger charge is 2.08. The highest BCUT2D eigenvalue weighted by molar-refractivity contribution is 7.61. The summed E-state index contributed by atoms with van der Waals surface area (Å²) in [6.07, 6.45) is 1.59. The lowest BCUT2D eigenvalue weighted by atomic mass is 10.3. The van der Waals surface area contributed by atoms with E-state index in [2.05, 4.69) is 0 Å². The number of carbonyl (C=O) groups is 2. The molecule has 8 heavy (non-hydrogen) atoms. The van der Waals surface area contributed by atoms with E-state index in [9.17, 15) is 9.59 Å². The molecule has 0 spiro atoms. The van der Waals surface area contributed by atoms with Gasteiger partial charge in [-0.1, -0.05) is 5.82 Å². The lowest BCUT2D eigenvalue weighted by Gasteiger charge is -1.97. The number of rotatable bonds is 0. The third-order valence-corrected chi connectivity index (χ3v) is 1.68. The van der Waals surface area contributed by atoms with Gasteiger partial charge in [-0.3, -0.25) is 9.59 Å². The normalized spacial score (nSPS) is 22.5. The van der Waals surface area contributed by atoms with Gasteiger partial charge >= 0.3 is 0 Å². The second kappa shape index (κ2) is 2.19. The van der Waals surface area contributed by atoms with Crippen molar-refractivity contribution in [2.24, 2.45) is 0 Å². The van der Waals surface area contributed by atoms with Crippen molar-refractivity contribution in [1.29, 1.82) is 0 Å². The van der Waals surface area contributed by atoms with Crippen LogP contribution in [0.5, 0.6) is 0 Å². The fourth-order valence-electron chi connectivity index (χ4n) is 0.496. The van der Waals surface area contributed by atoms with Crippen LogP contribution in [0.15, 0.2) is 11.9 Å². The largest absolute Gasteiger partial charge is 0.294 e. The molecule has 0 aromatic rings. The fraction of sp³-hybridized carbons (Fsp3) is 0.200. The Bertz CT molecular complexity index is 160. The van der Waals surface area contributed by atoms with Crippen molar-refractivity contribution >= 4 is 19.9 Å². The van der Waals surface area contributed by atoms with Crippen LogP contribution in [-0.4, -0.2) is 11.3 Å². The average Bonchev–Trinajstić information content (AvgIpc) is 1.64. The van der Waals surface area contributed by atoms with Gasteiger partial charge in [-0.05, 0) is 14.7 Å². The molecule has 1 aliphatic heterocycles. The molecule has 0 bridgehead atoms. The van der Waals surface area contributed by atoms with Crippen LogP contribution in [0.25, 0.3) is 0 Å². The molecule has 0 radical (unpaired) electrons. The maximum absolute atomic E-state index is 10.4. The lowest BCUT2D eigenvalue weighted by Crippen LogP contribution is -2.02. The predicted molar refractivity (Wildman–Crippen MR) is 32.1 cm³/mol. The monoisotopic (exact) mass is 128 g/mol. The van der Waals surface area contributed by atoms with Crippen molar-refractivity contribution in [3.05, 3.63) is 11.9 Å². The van der Waals surface area contributed by atoms with E-state index in [1.807, 2.05) is 0 Å². The first-order chi connectivity index (χ1) is 3.79. The van der Waals surface area contributed by atoms with Gasteiger partial charge in [0.15, 0.2) is 11.3 Å². The quantitative estimate of drug-likeness (QED) is 0.355. The van der Waals surface area contributed by atoms with Gasteiger partial charge in [0.2, 0.25) is 0 Å². The summed E-state index contributed by atoms with van der Waals surface area (Å²) in [5.74, 6) is 1.57. The molecule has 0 N–H and O–H groups in total. The van der Waals surface area contributed by atoms with Gasteiger partial charge in [-0.2, -0.15) is 0 Å². The van der Waals surface area contributed by atoms with E-state index in [1.54, 1.807) is 5.82 Å². The van der Waals surface area contributed by atoms with Crippen molar-refractivity contribution in [2.45, 2.75) is 6.42 Å². The van der Waals surface area contributed by atoms with Crippen LogP contribution in [0.3, 0.4) is 0 Å². The highest BCUT2D eigenvalue weighted by atomic mass is 31.1. The molecule has 1 rings (SSSR count). The van der Waals surface area contributed by atoms with Crippen molar-refractivity contribution in [2.75, 3.05) is 0 Å². The summed E-state index contributed by atoms with van der Waals surface area (Å²) in [4.78, 5) is 20.8. The Labute approximate surface area is 48.7 Å². The fourth-order valence-corrected chi connectivity index (χ4v) is 1.23. The summed E-state index contributed by atoms with van der Waals surface area (Å²) >= 11 is 0. The summed E-state index contributed by atoms with van der Waals surface area (Å²) < 4.78 is 0. The summed E-state index contributed by atoms with van der Waals surface area (Å²) in [6, 6.07) is 0. The number of hydrogen-bond acceptors (Lipinski definition) is 2. The minimum absolute atomic E-state index is 0.0532. The number of ketones is 1. The second-order valence-corrected chi connectivity index (χ2v) is 2.72. The molecule has 0 fully saturated rings. The Kier molecular flexibility index (Phi) is 1.54. The molecular weight excluding hydrogens is 123 g/mol. The molecule has 0 saturated carbocycles. The van der Waals surface area contributed by atoms with E-state index in [0.29, 0.717) is 0 Å². The van der Waals surface area contributed by atoms with Crippen molar-refractivity contribution in [1.82, 2.24) is 0 Å². The SMILES string of the molecule is O=C1C=CPC(=O)C1. The van der Waals surface area contributed by atoms with Crippen LogP contribution in [0.2, 0.25) is 0 Å². The number of carbonyl (C=O) groups excluding carboxylic acids is 2. The van der Waals surface area contributed by atoms with Crippen molar-refractivity contribution in [3.63, 3.8) is 0 Å². The number of hydrogen-bond donors (Lipinski definition) is 0. The smallest absolute Gasteiger partial charge is 0.163 e. The molecule has 42 valence electrons. The van der Waals surface area contributed by atoms with E-state index in [4.69, 9.17) is 0 Å². The van der Waals surface area contributed by atoms with Gasteiger partial charge < -0.3 is 0 Å². The third-order valence-electron chi connectivity index (χ3n) is 0.848. The molecule has 0 aromatic heterocycles. The minimum Gasteiger partial charge on any atom is -0.294 e. The molecule has 0 aromatic carbocycles. The Morgan fingerprint density at radius 1 is 1.50 bits per heavy atom. The Morgan fingerprint density at radius 2 is 2.25 bits per heavy atom. The molecular formula is C5H5O2P. The minimum atomic E-state index is -0.0613. The van der Waals surface area contributed by atoms with Crippen molar-refractivity contribution < 1.29 is 9.59 Å². The summed E-state index contributed by atoms with van der Waals surface area (Å²) in [6.45, 7) is 0. The molecule has 0 amide bonds. The molecule has 1 atom stereocenters. The van der Waals surface area contributed by atoms with Gasteiger partial charge in [0, 0.05) is 0 Å². The van der Waals surface area contributed by atoms with Gasteiger partial charge in [0.1, 0.15) is 0 Å². The summed E-state index contributed by atoms with van der Waals surface area (Å²) in [7, 11) is 0.221. The zero-order valence-corrected chi connectivity index (χ0v) is 5.18. The maximum atomic E-state index is 10.4.